The molecule has 0 aromatic carbocycles. The lowest BCUT2D eigenvalue weighted by atomic mass is 9.89. The van der Waals surface area contributed by atoms with Crippen LogP contribution in [-0.4, -0.2) is 52.4 Å². The number of carbonyl (C=O) groups is 1. The second-order valence-electron chi connectivity index (χ2n) is 6.59. The lowest BCUT2D eigenvalue weighted by molar-refractivity contribution is -0.127. The van der Waals surface area contributed by atoms with Gasteiger partial charge in [-0.05, 0) is 19.3 Å². The number of nitrogen functional groups attached to an aromatic ring is 1. The summed E-state index contributed by atoms with van der Waals surface area (Å²) in [5.41, 5.74) is 5.89. The minimum atomic E-state index is 0.247. The number of aromatic nitrogens is 3. The van der Waals surface area contributed by atoms with Crippen LogP contribution in [0.1, 0.15) is 56.7 Å². The monoisotopic (exact) mass is 318 g/mol. The third-order valence-electron chi connectivity index (χ3n) is 4.85. The maximum atomic E-state index is 11.7. The highest BCUT2D eigenvalue weighted by Gasteiger charge is 2.22. The Morgan fingerprint density at radius 1 is 1.17 bits per heavy atom. The molecule has 2 aliphatic rings. The third kappa shape index (κ3) is 3.89. The van der Waals surface area contributed by atoms with Gasteiger partial charge in [-0.25, -0.2) is 0 Å². The van der Waals surface area contributed by atoms with E-state index in [0.29, 0.717) is 37.3 Å². The van der Waals surface area contributed by atoms with Crippen LogP contribution in [0.25, 0.3) is 0 Å². The fourth-order valence-electron chi connectivity index (χ4n) is 3.42. The second kappa shape index (κ2) is 7.10. The van der Waals surface area contributed by atoms with Gasteiger partial charge in [0.2, 0.25) is 17.8 Å². The molecule has 1 amide bonds. The van der Waals surface area contributed by atoms with E-state index >= 15 is 0 Å². The summed E-state index contributed by atoms with van der Waals surface area (Å²) in [5.74, 6) is 2.39. The summed E-state index contributed by atoms with van der Waals surface area (Å²) in [5, 5.41) is 0. The molecule has 0 bridgehead atoms. The zero-order chi connectivity index (χ0) is 16.2. The molecular formula is C16H26N6O. The fraction of sp³-hybridized carbons (Fsp3) is 0.750. The Kier molecular flexibility index (Phi) is 4.93. The van der Waals surface area contributed by atoms with Gasteiger partial charge in [0, 0.05) is 39.0 Å². The van der Waals surface area contributed by atoms with E-state index in [1.54, 1.807) is 0 Å². The van der Waals surface area contributed by atoms with Gasteiger partial charge in [-0.3, -0.25) is 4.79 Å². The zero-order valence-corrected chi connectivity index (χ0v) is 13.9. The molecule has 0 radical (unpaired) electrons. The van der Waals surface area contributed by atoms with Gasteiger partial charge in [-0.15, -0.1) is 0 Å². The van der Waals surface area contributed by atoms with E-state index in [1.165, 1.54) is 19.3 Å². The topological polar surface area (TPSA) is 88.2 Å². The number of hydrogen-bond acceptors (Lipinski definition) is 6. The van der Waals surface area contributed by atoms with Crippen LogP contribution in [0.5, 0.6) is 0 Å². The van der Waals surface area contributed by atoms with Crippen molar-refractivity contribution in [1.29, 1.82) is 0 Å². The van der Waals surface area contributed by atoms with Crippen LogP contribution in [-0.2, 0) is 4.79 Å². The average molecular weight is 318 g/mol. The van der Waals surface area contributed by atoms with Crippen molar-refractivity contribution in [2.75, 3.05) is 37.3 Å². The van der Waals surface area contributed by atoms with E-state index in [4.69, 9.17) is 5.73 Å². The van der Waals surface area contributed by atoms with E-state index in [0.717, 1.165) is 31.6 Å². The molecule has 1 aliphatic carbocycles. The molecular weight excluding hydrogens is 292 g/mol. The van der Waals surface area contributed by atoms with Gasteiger partial charge in [-0.2, -0.15) is 15.0 Å². The van der Waals surface area contributed by atoms with Crippen molar-refractivity contribution in [3.63, 3.8) is 0 Å². The molecule has 2 heterocycles. The quantitative estimate of drug-likeness (QED) is 0.886. The largest absolute Gasteiger partial charge is 0.368 e. The highest BCUT2D eigenvalue weighted by molar-refractivity contribution is 5.78. The van der Waals surface area contributed by atoms with Crippen LogP contribution in [0.15, 0.2) is 0 Å². The molecule has 1 saturated carbocycles. The SMILES string of the molecule is CN(CCN1CCCC1=O)c1nc(N)nc(C2CCCCC2)n1. The Bertz CT molecular complexity index is 558. The Hall–Kier alpha value is -1.92. The summed E-state index contributed by atoms with van der Waals surface area (Å²) in [7, 11) is 1.94. The molecule has 0 spiro atoms. The van der Waals surface area contributed by atoms with Crippen molar-refractivity contribution in [2.45, 2.75) is 50.9 Å². The Labute approximate surface area is 137 Å². The summed E-state index contributed by atoms with van der Waals surface area (Å²) in [6.07, 6.45) is 7.68. The number of rotatable bonds is 5. The predicted molar refractivity (Wildman–Crippen MR) is 89.1 cm³/mol. The first kappa shape index (κ1) is 16.0. The van der Waals surface area contributed by atoms with Gasteiger partial charge >= 0.3 is 0 Å². The Balaban J connectivity index is 1.65. The molecule has 3 rings (SSSR count). The number of likely N-dealkylation sites (N-methyl/N-ethyl adjacent to an activating group) is 1. The van der Waals surface area contributed by atoms with Crippen LogP contribution in [0.4, 0.5) is 11.9 Å². The molecule has 2 N–H and O–H groups in total. The number of carbonyl (C=O) groups excluding carboxylic acids is 1. The van der Waals surface area contributed by atoms with Crippen molar-refractivity contribution >= 4 is 17.8 Å². The minimum Gasteiger partial charge on any atom is -0.368 e. The lowest BCUT2D eigenvalue weighted by Crippen LogP contribution is -2.35. The molecule has 1 aliphatic heterocycles. The Morgan fingerprint density at radius 2 is 1.96 bits per heavy atom. The average Bonchev–Trinajstić information content (AvgIpc) is 2.98. The number of hydrogen-bond donors (Lipinski definition) is 1. The first-order chi connectivity index (χ1) is 11.1. The van der Waals surface area contributed by atoms with Crippen LogP contribution in [0.2, 0.25) is 0 Å². The Morgan fingerprint density at radius 3 is 2.65 bits per heavy atom. The van der Waals surface area contributed by atoms with Gasteiger partial charge < -0.3 is 15.5 Å². The van der Waals surface area contributed by atoms with E-state index in [2.05, 4.69) is 15.0 Å². The molecule has 126 valence electrons. The standard InChI is InChI=1S/C16H26N6O/c1-21(10-11-22-9-5-8-13(22)23)16-19-14(18-15(17)20-16)12-6-3-2-4-7-12/h12H,2-11H2,1H3,(H2,17,18,19,20). The highest BCUT2D eigenvalue weighted by Crippen LogP contribution is 2.31. The summed E-state index contributed by atoms with van der Waals surface area (Å²) < 4.78 is 0. The van der Waals surface area contributed by atoms with E-state index in [1.807, 2.05) is 16.8 Å². The van der Waals surface area contributed by atoms with Gasteiger partial charge in [-0.1, -0.05) is 19.3 Å². The van der Waals surface area contributed by atoms with Crippen LogP contribution < -0.4 is 10.6 Å². The molecule has 2 fully saturated rings. The first-order valence-electron chi connectivity index (χ1n) is 8.64. The smallest absolute Gasteiger partial charge is 0.230 e. The number of amides is 1. The van der Waals surface area contributed by atoms with Crippen molar-refractivity contribution in [1.82, 2.24) is 19.9 Å². The fourth-order valence-corrected chi connectivity index (χ4v) is 3.42. The van der Waals surface area contributed by atoms with E-state index < -0.39 is 0 Å². The van der Waals surface area contributed by atoms with E-state index in [-0.39, 0.29) is 5.91 Å². The molecule has 1 aromatic heterocycles. The third-order valence-corrected chi connectivity index (χ3v) is 4.85. The lowest BCUT2D eigenvalue weighted by Gasteiger charge is -2.24. The van der Waals surface area contributed by atoms with Crippen molar-refractivity contribution in [3.05, 3.63) is 5.82 Å². The van der Waals surface area contributed by atoms with Gasteiger partial charge in [0.05, 0.1) is 0 Å². The number of nitrogens with zero attached hydrogens (tertiary/aromatic N) is 5. The van der Waals surface area contributed by atoms with Gasteiger partial charge in [0.1, 0.15) is 5.82 Å². The summed E-state index contributed by atoms with van der Waals surface area (Å²) in [6, 6.07) is 0. The predicted octanol–water partition coefficient (Wildman–Crippen LogP) is 1.56. The summed E-state index contributed by atoms with van der Waals surface area (Å²) in [4.78, 5) is 28.8. The normalized spacial score (nSPS) is 19.3. The molecule has 7 heteroatoms. The van der Waals surface area contributed by atoms with Crippen molar-refractivity contribution in [2.24, 2.45) is 0 Å². The number of anilines is 2. The maximum absolute atomic E-state index is 11.7. The van der Waals surface area contributed by atoms with Crippen LogP contribution in [0.3, 0.4) is 0 Å². The van der Waals surface area contributed by atoms with Crippen LogP contribution in [0, 0.1) is 0 Å². The molecule has 7 nitrogen and oxygen atoms in total. The summed E-state index contributed by atoms with van der Waals surface area (Å²) in [6.45, 7) is 2.28. The molecule has 1 saturated heterocycles. The van der Waals surface area contributed by atoms with E-state index in [9.17, 15) is 4.79 Å². The van der Waals surface area contributed by atoms with Crippen LogP contribution >= 0.6 is 0 Å². The second-order valence-corrected chi connectivity index (χ2v) is 6.59. The van der Waals surface area contributed by atoms with Gasteiger partial charge in [0.15, 0.2) is 0 Å². The molecule has 0 unspecified atom stereocenters. The molecule has 23 heavy (non-hydrogen) atoms. The molecule has 0 atom stereocenters. The molecule has 1 aromatic rings. The minimum absolute atomic E-state index is 0.247. The van der Waals surface area contributed by atoms with Crippen molar-refractivity contribution < 1.29 is 4.79 Å². The maximum Gasteiger partial charge on any atom is 0.230 e. The van der Waals surface area contributed by atoms with Crippen molar-refractivity contribution in [3.8, 4) is 0 Å². The number of nitrogens with two attached hydrogens (primary N) is 1. The zero-order valence-electron chi connectivity index (χ0n) is 13.9. The first-order valence-corrected chi connectivity index (χ1v) is 8.64. The highest BCUT2D eigenvalue weighted by atomic mass is 16.2. The number of likely N-dealkylation sites (tertiary alicyclic amines) is 1. The summed E-state index contributed by atoms with van der Waals surface area (Å²) >= 11 is 0. The van der Waals surface area contributed by atoms with Gasteiger partial charge in [0.25, 0.3) is 0 Å².